The molecule has 10 aromatic rings. The smallest absolute Gasteiger partial charge is 0.416 e. The zero-order chi connectivity index (χ0) is 90.7. The second-order valence-corrected chi connectivity index (χ2v) is 31.7. The van der Waals surface area contributed by atoms with Gasteiger partial charge in [-0.2, -0.15) is 52.7 Å². The number of carbonyl (C=O) groups is 6. The molecule has 0 saturated heterocycles. The van der Waals surface area contributed by atoms with Crippen LogP contribution in [0.25, 0.3) is 0 Å². The summed E-state index contributed by atoms with van der Waals surface area (Å²) in [5.74, 6) is -0.695. The molecule has 10 aromatic carbocycles. The van der Waals surface area contributed by atoms with Crippen LogP contribution in [-0.4, -0.2) is 84.1 Å². The predicted octanol–water partition coefficient (Wildman–Crippen LogP) is 20.0. The lowest BCUT2D eigenvalue weighted by Gasteiger charge is -2.15. The molecule has 676 valence electrons. The summed E-state index contributed by atoms with van der Waals surface area (Å²) < 4.78 is 153. The number of carbonyl (C=O) groups excluding carboxylic acids is 6. The number of rotatable bonds is 10. The molecule has 0 radical (unpaired) electrons. The number of Topliss-reactive ketones (excluding diaryl/α,β-unsaturated/α-hetero) is 3. The summed E-state index contributed by atoms with van der Waals surface area (Å²) in [6, 6.07) is 53.3. The van der Waals surface area contributed by atoms with Crippen LogP contribution in [0.2, 0.25) is 0 Å². The Bertz CT molecular complexity index is 5400. The van der Waals surface area contributed by atoms with E-state index in [1.807, 2.05) is 120 Å². The average molecular weight is 1840 g/mol. The van der Waals surface area contributed by atoms with Gasteiger partial charge in [-0.15, -0.1) is 12.4 Å². The topological polar surface area (TPSA) is 258 Å². The van der Waals surface area contributed by atoms with Gasteiger partial charge < -0.3 is 51.3 Å². The molecule has 4 unspecified atom stereocenters. The van der Waals surface area contributed by atoms with Crippen LogP contribution in [-0.2, 0) is 63.2 Å². The van der Waals surface area contributed by atoms with Gasteiger partial charge in [0.2, 0.25) is 5.67 Å². The Balaban J connectivity index is 0.000000232. The fourth-order valence-electron chi connectivity index (χ4n) is 14.7. The normalized spacial score (nSPS) is 15.6. The van der Waals surface area contributed by atoms with Crippen LogP contribution in [0.15, 0.2) is 211 Å². The summed E-state index contributed by atoms with van der Waals surface area (Å²) in [5.41, 5.74) is 34.6. The molecule has 6 aliphatic rings. The minimum atomic E-state index is -4.48. The third kappa shape index (κ3) is 30.2. The highest BCUT2D eigenvalue weighted by molar-refractivity contribution is 6.67. The lowest BCUT2D eigenvalue weighted by molar-refractivity contribution is -0.457. The zero-order valence-corrected chi connectivity index (χ0v) is 73.7. The maximum atomic E-state index is 12.9. The molecule has 11 N–H and O–H groups in total. The monoisotopic (exact) mass is 1840 g/mol. The number of nitrogen functional groups attached to an aromatic ring is 2. The lowest BCUT2D eigenvalue weighted by atomic mass is 9.92. The average Bonchev–Trinajstić information content (AvgIpc) is 1.71. The first-order valence-corrected chi connectivity index (χ1v) is 40.6. The fraction of sp³-hybridized carbons (Fsp3) is 0.292. The van der Waals surface area contributed by atoms with Crippen molar-refractivity contribution >= 4 is 99.1 Å². The van der Waals surface area contributed by atoms with Gasteiger partial charge in [-0.3, -0.25) is 28.8 Å². The SMILES string of the molecule is CN(C)C=Nc1ccc2c(c1)C(NC(=O)c1cccc(C(F)(F)F)c1)CC2.C[N+](C)=CCl.Cc1ccc2c(c1)C(=O)CC2.Cc1ccc2c(c1)C(N)CC2.Cc1ccc2c(c1)C(NC(=O)c1cccc(C(F)(F)F)c1)CC2.Cl.N.Nc1ccc2c(c1)C(=O)CC2.Nc1ccc2c(c1)C(CC(=O)c1cccc(C(F)(F)F)c1)CC2.O=C(Cl)c1cccc(C(F)(F)F)c1.[Cl-]. The number of fused-ring (bicyclic) bond motifs is 6. The van der Waals surface area contributed by atoms with Crippen LogP contribution >= 0.6 is 35.6 Å². The van der Waals surface area contributed by atoms with E-state index in [9.17, 15) is 81.5 Å². The Morgan fingerprint density at radius 2 is 0.819 bits per heavy atom. The van der Waals surface area contributed by atoms with Gasteiger partial charge in [-0.05, 0) is 273 Å². The summed E-state index contributed by atoms with van der Waals surface area (Å²) in [4.78, 5) is 76.2. The molecule has 127 heavy (non-hydrogen) atoms. The van der Waals surface area contributed by atoms with Gasteiger partial charge in [0.25, 0.3) is 17.1 Å². The Morgan fingerprint density at radius 3 is 1.28 bits per heavy atom. The molecule has 16 rings (SSSR count). The number of nitrogens with zero attached hydrogens (tertiary/aromatic N) is 3. The highest BCUT2D eigenvalue weighted by Crippen LogP contribution is 2.41. The Kier molecular flexibility index (Phi) is 38.3. The number of hydrogen-bond acceptors (Lipinski definition) is 11. The van der Waals surface area contributed by atoms with E-state index in [-0.39, 0.29) is 89.2 Å². The number of nitrogens with one attached hydrogen (secondary N) is 2. The third-order valence-electron chi connectivity index (χ3n) is 21.1. The number of nitrogens with two attached hydrogens (primary N) is 3. The van der Waals surface area contributed by atoms with E-state index in [0.717, 1.165) is 163 Å². The summed E-state index contributed by atoms with van der Waals surface area (Å²) in [6.07, 6.45) is -5.61. The molecule has 0 saturated carbocycles. The highest BCUT2D eigenvalue weighted by atomic mass is 35.5. The summed E-state index contributed by atoms with van der Waals surface area (Å²) in [5, 5.41) is 4.81. The number of ketones is 3. The number of hydrogen-bond donors (Lipinski definition) is 6. The van der Waals surface area contributed by atoms with E-state index < -0.39 is 64.0 Å². The maximum absolute atomic E-state index is 12.9. The van der Waals surface area contributed by atoms with Gasteiger partial charge in [0.05, 0.1) is 46.4 Å². The molecule has 0 bridgehead atoms. The molecule has 6 aliphatic carbocycles. The number of aliphatic imine (C=N–C) groups is 1. The van der Waals surface area contributed by atoms with Crippen molar-refractivity contribution in [3.63, 3.8) is 0 Å². The molecule has 15 nitrogen and oxygen atoms in total. The largest absolute Gasteiger partial charge is 1.00 e. The highest BCUT2D eigenvalue weighted by Gasteiger charge is 2.36. The van der Waals surface area contributed by atoms with Crippen molar-refractivity contribution in [1.82, 2.24) is 21.7 Å². The maximum Gasteiger partial charge on any atom is 0.416 e. The van der Waals surface area contributed by atoms with E-state index in [2.05, 4.69) is 52.9 Å². The summed E-state index contributed by atoms with van der Waals surface area (Å²) >= 11 is 10.2. The quantitative estimate of drug-likeness (QED) is 0.0143. The Hall–Kier alpha value is -11.2. The first-order chi connectivity index (χ1) is 58.4. The van der Waals surface area contributed by atoms with Crippen LogP contribution < -0.4 is 46.4 Å². The minimum Gasteiger partial charge on any atom is -1.00 e. The number of amides is 2. The van der Waals surface area contributed by atoms with Crippen LogP contribution in [0.5, 0.6) is 0 Å². The van der Waals surface area contributed by atoms with Crippen LogP contribution in [0, 0.1) is 20.8 Å². The molecule has 0 fully saturated rings. The van der Waals surface area contributed by atoms with Crippen LogP contribution in [0.3, 0.4) is 0 Å². The zero-order valence-electron chi connectivity index (χ0n) is 70.6. The second kappa shape index (κ2) is 46.5. The molecule has 0 aromatic heterocycles. The molecular formula is C96H99Cl4F12N9O6. The first kappa shape index (κ1) is 105. The lowest BCUT2D eigenvalue weighted by Crippen LogP contribution is -3.00. The van der Waals surface area contributed by atoms with E-state index in [1.54, 1.807) is 17.0 Å². The molecule has 31 heteroatoms. The minimum absolute atomic E-state index is 0. The van der Waals surface area contributed by atoms with Gasteiger partial charge in [0.1, 0.15) is 14.1 Å². The van der Waals surface area contributed by atoms with E-state index in [1.165, 1.54) is 87.1 Å². The molecule has 4 atom stereocenters. The third-order valence-corrected chi connectivity index (χ3v) is 21.7. The van der Waals surface area contributed by atoms with Gasteiger partial charge in [-0.1, -0.05) is 120 Å². The van der Waals surface area contributed by atoms with E-state index >= 15 is 0 Å². The predicted molar refractivity (Wildman–Crippen MR) is 473 cm³/mol. The number of aryl methyl sites for hydroxylation is 9. The summed E-state index contributed by atoms with van der Waals surface area (Å²) in [7, 11) is 7.48. The number of anilines is 2. The Morgan fingerprint density at radius 1 is 0.457 bits per heavy atom. The van der Waals surface area contributed by atoms with Crippen molar-refractivity contribution in [2.45, 2.75) is 153 Å². The van der Waals surface area contributed by atoms with Gasteiger partial charge in [-0.25, -0.2) is 9.57 Å². The van der Waals surface area contributed by atoms with Crippen molar-refractivity contribution < 1.29 is 98.4 Å². The summed E-state index contributed by atoms with van der Waals surface area (Å²) in [6.45, 7) is 6.11. The van der Waals surface area contributed by atoms with Crippen LogP contribution in [0.1, 0.15) is 226 Å². The standard InChI is InChI=1S/C20H20F3N3O.2C18H16F3NO.C10H13N.C10H10O.C9H9NO.C8H4ClF3O.C3H7ClN.2ClH.H3N/c1-26(2)12-24-16-8-6-13-7-9-18(17(13)11-16)25-19(27)14-4-3-5-15(10-14)20(21,22)23;1-11-5-6-12-7-8-16(15(12)9-11)22-17(23)13-3-2-4-14(10-13)18(19,20)21;19-18(20,21)14-3-1-2-13(8-14)17(23)9-12-5-4-11-6-7-15(22)10-16(11)12;2*1-7-2-3-8-4-5-10(11)9(8)6-7;10-7-3-1-6-2-4-9(11)8(6)5-7;9-7(13)5-2-1-3-6(4-5)8(10,11)12;1-5(2)3-4;;;/h3-6,8,10-12,18H,7,9H2,1-2H3,(H,25,27);2-6,9-10,16H,7-8H2,1H3,(H,22,23);1-3,6-8,10,12H,4-5,9,22H2;2-3,6,10H,4-5,11H2,1H3;2-3,6H,4-5H2,1H3;1,3,5H,2,4,10H2;1-4H;3H,1-2H3;2*1H;1H3/q;;;;;;;+1;;;/p-1. The van der Waals surface area contributed by atoms with Gasteiger partial charge in [0.15, 0.2) is 17.3 Å². The Labute approximate surface area is 752 Å². The van der Waals surface area contributed by atoms with Gasteiger partial charge in [0, 0.05) is 84.2 Å². The van der Waals surface area contributed by atoms with E-state index in [0.29, 0.717) is 42.5 Å². The van der Waals surface area contributed by atoms with Crippen molar-refractivity contribution in [2.24, 2.45) is 10.7 Å². The number of alkyl halides is 12. The van der Waals surface area contributed by atoms with Crippen molar-refractivity contribution in [1.29, 1.82) is 0 Å². The van der Waals surface area contributed by atoms with Crippen molar-refractivity contribution in [3.8, 4) is 0 Å². The number of benzene rings is 10. The molecule has 2 amide bonds. The van der Waals surface area contributed by atoms with Crippen molar-refractivity contribution in [2.75, 3.05) is 39.7 Å². The molecule has 0 spiro atoms. The number of halogens is 16. The molecular weight excluding hydrogens is 1740 g/mol. The van der Waals surface area contributed by atoms with E-state index in [4.69, 9.17) is 40.4 Å². The molecule has 0 heterocycles. The van der Waals surface area contributed by atoms with Crippen molar-refractivity contribution in [3.05, 3.63) is 334 Å². The van der Waals surface area contributed by atoms with Crippen LogP contribution in [0.4, 0.5) is 69.7 Å². The fourth-order valence-corrected chi connectivity index (χ4v) is 14.9. The molecule has 0 aliphatic heterocycles. The second-order valence-electron chi connectivity index (χ2n) is 31.2. The first-order valence-electron chi connectivity index (χ1n) is 39.8. The van der Waals surface area contributed by atoms with Gasteiger partial charge >= 0.3 is 24.7 Å².